The molecule has 0 aliphatic carbocycles. The third-order valence-electron chi connectivity index (χ3n) is 5.89. The number of aryl methyl sites for hydroxylation is 1. The van der Waals surface area contributed by atoms with Gasteiger partial charge in [0, 0.05) is 49.8 Å². The number of amides is 2. The number of halogens is 1. The topological polar surface area (TPSA) is 73.3 Å². The lowest BCUT2D eigenvalue weighted by atomic mass is 10.0. The highest BCUT2D eigenvalue weighted by molar-refractivity contribution is 9.10. The Kier molecular flexibility index (Phi) is 8.13. The summed E-state index contributed by atoms with van der Waals surface area (Å²) in [6.45, 7) is 10.1. The summed E-state index contributed by atoms with van der Waals surface area (Å²) in [7, 11) is 1.61. The van der Waals surface area contributed by atoms with Crippen LogP contribution in [0.15, 0.2) is 46.9 Å². The molecule has 7 nitrogen and oxygen atoms in total. The Hall–Kier alpha value is -2.74. The van der Waals surface area contributed by atoms with Crippen molar-refractivity contribution in [2.45, 2.75) is 45.8 Å². The van der Waals surface area contributed by atoms with Gasteiger partial charge < -0.3 is 19.6 Å². The molecule has 0 spiro atoms. The fourth-order valence-electron chi connectivity index (χ4n) is 4.06. The van der Waals surface area contributed by atoms with E-state index in [0.29, 0.717) is 19.5 Å². The van der Waals surface area contributed by atoms with E-state index in [2.05, 4.69) is 39.9 Å². The molecule has 1 aliphatic rings. The predicted octanol–water partition coefficient (Wildman–Crippen LogP) is 4.59. The first kappa shape index (κ1) is 25.9. The van der Waals surface area contributed by atoms with Crippen molar-refractivity contribution in [3.8, 4) is 5.75 Å². The zero-order valence-corrected chi connectivity index (χ0v) is 22.1. The summed E-state index contributed by atoms with van der Waals surface area (Å²) in [6.07, 6.45) is -0.199. The molecule has 0 radical (unpaired) electrons. The van der Waals surface area contributed by atoms with Crippen molar-refractivity contribution in [3.05, 3.63) is 58.1 Å². The van der Waals surface area contributed by atoms with E-state index in [1.54, 1.807) is 52.1 Å². The van der Waals surface area contributed by atoms with Crippen molar-refractivity contribution in [3.63, 3.8) is 0 Å². The molecule has 34 heavy (non-hydrogen) atoms. The Morgan fingerprint density at radius 1 is 1.09 bits per heavy atom. The summed E-state index contributed by atoms with van der Waals surface area (Å²) < 4.78 is 6.58. The molecule has 2 aromatic carbocycles. The van der Waals surface area contributed by atoms with Gasteiger partial charge in [-0.05, 0) is 69.2 Å². The van der Waals surface area contributed by atoms with Crippen LogP contribution in [-0.4, -0.2) is 71.8 Å². The van der Waals surface area contributed by atoms with Gasteiger partial charge in [-0.3, -0.25) is 9.69 Å². The van der Waals surface area contributed by atoms with E-state index in [9.17, 15) is 14.7 Å². The fraction of sp³-hybridized carbons (Fsp3) is 0.462. The van der Waals surface area contributed by atoms with E-state index in [-0.39, 0.29) is 11.7 Å². The number of benzene rings is 2. The number of rotatable bonds is 5. The van der Waals surface area contributed by atoms with Crippen LogP contribution in [-0.2, 0) is 16.0 Å². The maximum absolute atomic E-state index is 13.6. The predicted molar refractivity (Wildman–Crippen MR) is 137 cm³/mol. The van der Waals surface area contributed by atoms with Crippen LogP contribution in [0, 0.1) is 6.92 Å². The third kappa shape index (κ3) is 6.65. The molecule has 1 heterocycles. The lowest BCUT2D eigenvalue weighted by Crippen LogP contribution is -2.56. The number of hydrogen-bond acceptors (Lipinski definition) is 5. The quantitative estimate of drug-likeness (QED) is 0.610. The summed E-state index contributed by atoms with van der Waals surface area (Å²) in [4.78, 5) is 32.0. The first-order valence-corrected chi connectivity index (χ1v) is 12.3. The molecule has 1 atom stereocenters. The number of nitrogens with zero attached hydrogens (tertiary/aromatic N) is 3. The summed E-state index contributed by atoms with van der Waals surface area (Å²) in [5.74, 6) is 0.0556. The number of phenols is 1. The van der Waals surface area contributed by atoms with Gasteiger partial charge in [-0.25, -0.2) is 4.79 Å². The van der Waals surface area contributed by atoms with Gasteiger partial charge in [0.2, 0.25) is 5.91 Å². The van der Waals surface area contributed by atoms with Gasteiger partial charge in [0.25, 0.3) is 0 Å². The number of carbonyl (C=O) groups excluding carboxylic acids is 2. The molecule has 1 N–H and O–H groups in total. The van der Waals surface area contributed by atoms with E-state index in [1.807, 2.05) is 11.0 Å². The highest BCUT2D eigenvalue weighted by Crippen LogP contribution is 2.25. The largest absolute Gasteiger partial charge is 0.508 e. The second-order valence-electron chi connectivity index (χ2n) is 9.72. The second kappa shape index (κ2) is 10.7. The minimum atomic E-state index is -0.708. The van der Waals surface area contributed by atoms with Crippen molar-refractivity contribution in [2.75, 3.05) is 38.1 Å². The summed E-state index contributed by atoms with van der Waals surface area (Å²) in [5.41, 5.74) is 2.55. The lowest BCUT2D eigenvalue weighted by molar-refractivity contribution is -0.136. The smallest absolute Gasteiger partial charge is 0.410 e. The molecule has 1 saturated heterocycles. The molecule has 2 amide bonds. The number of hydrogen-bond donors (Lipinski definition) is 1. The fourth-order valence-corrected chi connectivity index (χ4v) is 4.53. The summed E-state index contributed by atoms with van der Waals surface area (Å²) in [5, 5.41) is 9.62. The third-order valence-corrected chi connectivity index (χ3v) is 6.38. The molecule has 2 aromatic rings. The Labute approximate surface area is 210 Å². The maximum Gasteiger partial charge on any atom is 0.410 e. The van der Waals surface area contributed by atoms with Gasteiger partial charge in [-0.1, -0.05) is 28.1 Å². The molecular formula is C26H34BrN3O4. The Morgan fingerprint density at radius 3 is 2.26 bits per heavy atom. The highest BCUT2D eigenvalue weighted by atomic mass is 79.9. The average molecular weight is 532 g/mol. The van der Waals surface area contributed by atoms with Crippen molar-refractivity contribution in [1.29, 1.82) is 0 Å². The maximum atomic E-state index is 13.6. The van der Waals surface area contributed by atoms with Crippen molar-refractivity contribution in [1.82, 2.24) is 9.80 Å². The lowest BCUT2D eigenvalue weighted by Gasteiger charge is -2.39. The number of anilines is 1. The average Bonchev–Trinajstić information content (AvgIpc) is 2.77. The molecule has 1 fully saturated rings. The monoisotopic (exact) mass is 531 g/mol. The molecule has 8 heteroatoms. The van der Waals surface area contributed by atoms with Crippen LogP contribution >= 0.6 is 15.9 Å². The van der Waals surface area contributed by atoms with Gasteiger partial charge in [-0.15, -0.1) is 0 Å². The number of carbonyl (C=O) groups is 2. The van der Waals surface area contributed by atoms with E-state index in [0.717, 1.165) is 23.1 Å². The van der Waals surface area contributed by atoms with Gasteiger partial charge in [-0.2, -0.15) is 0 Å². The Morgan fingerprint density at radius 2 is 1.71 bits per heavy atom. The first-order chi connectivity index (χ1) is 15.9. The molecule has 1 unspecified atom stereocenters. The number of piperazine rings is 1. The van der Waals surface area contributed by atoms with E-state index >= 15 is 0 Å². The zero-order valence-electron chi connectivity index (χ0n) is 20.5. The molecule has 1 aliphatic heterocycles. The molecular weight excluding hydrogens is 498 g/mol. The van der Waals surface area contributed by atoms with Crippen LogP contribution in [0.25, 0.3) is 0 Å². The van der Waals surface area contributed by atoms with Crippen molar-refractivity contribution in [2.24, 2.45) is 0 Å². The van der Waals surface area contributed by atoms with Crippen LogP contribution in [0.1, 0.15) is 31.9 Å². The number of likely N-dealkylation sites (N-methyl/N-ethyl adjacent to an activating group) is 1. The Bertz CT molecular complexity index is 1010. The molecule has 3 rings (SSSR count). The summed E-state index contributed by atoms with van der Waals surface area (Å²) >= 11 is 3.51. The minimum Gasteiger partial charge on any atom is -0.508 e. The van der Waals surface area contributed by atoms with Gasteiger partial charge >= 0.3 is 6.09 Å². The van der Waals surface area contributed by atoms with Gasteiger partial charge in [0.15, 0.2) is 0 Å². The molecule has 0 saturated carbocycles. The van der Waals surface area contributed by atoms with Crippen LogP contribution < -0.4 is 4.90 Å². The number of ether oxygens (including phenoxy) is 1. The van der Waals surface area contributed by atoms with Gasteiger partial charge in [0.05, 0.1) is 0 Å². The normalized spacial score (nSPS) is 15.1. The number of aromatic hydroxyl groups is 1. The van der Waals surface area contributed by atoms with E-state index in [4.69, 9.17) is 4.74 Å². The summed E-state index contributed by atoms with van der Waals surface area (Å²) in [6, 6.07) is 12.2. The van der Waals surface area contributed by atoms with Crippen LogP contribution in [0.5, 0.6) is 5.75 Å². The molecule has 184 valence electrons. The SMILES string of the molecule is Cc1cc(Br)ccc1N1CCN(C(=O)C(Cc2ccc(O)cc2)N(C)C(=O)OC(C)(C)C)CC1. The molecule has 0 aromatic heterocycles. The first-order valence-electron chi connectivity index (χ1n) is 11.5. The van der Waals surface area contributed by atoms with Crippen LogP contribution in [0.4, 0.5) is 10.5 Å². The van der Waals surface area contributed by atoms with E-state index < -0.39 is 17.7 Å². The standard InChI is InChI=1S/C26H34BrN3O4/c1-18-16-20(27)8-11-22(18)29-12-14-30(15-13-29)24(32)23(17-19-6-9-21(31)10-7-19)28(5)25(33)34-26(2,3)4/h6-11,16,23,31H,12-15,17H2,1-5H3. The number of phenolic OH excluding ortho intramolecular Hbond substituents is 1. The van der Waals surface area contributed by atoms with Crippen molar-refractivity contribution >= 4 is 33.6 Å². The van der Waals surface area contributed by atoms with E-state index in [1.165, 1.54) is 16.2 Å². The molecule has 0 bridgehead atoms. The minimum absolute atomic E-state index is 0.103. The Balaban J connectivity index is 1.75. The van der Waals surface area contributed by atoms with Crippen LogP contribution in [0.3, 0.4) is 0 Å². The highest BCUT2D eigenvalue weighted by Gasteiger charge is 2.34. The van der Waals surface area contributed by atoms with Crippen LogP contribution in [0.2, 0.25) is 0 Å². The second-order valence-corrected chi connectivity index (χ2v) is 10.6. The van der Waals surface area contributed by atoms with Crippen molar-refractivity contribution < 1.29 is 19.4 Å². The van der Waals surface area contributed by atoms with Gasteiger partial charge in [0.1, 0.15) is 17.4 Å². The zero-order chi connectivity index (χ0) is 25.0.